The largest absolute Gasteiger partial charge is 0.300 e. The molecule has 0 aromatic rings. The summed E-state index contributed by atoms with van der Waals surface area (Å²) in [4.78, 5) is 2.53. The van der Waals surface area contributed by atoms with Crippen molar-refractivity contribution in [1.82, 2.24) is 4.90 Å². The summed E-state index contributed by atoms with van der Waals surface area (Å²) in [5.74, 6) is 0.638. The molecule has 0 aromatic heterocycles. The van der Waals surface area contributed by atoms with Crippen molar-refractivity contribution < 1.29 is 0 Å². The number of hydrogen-bond donors (Lipinski definition) is 0. The van der Waals surface area contributed by atoms with Crippen LogP contribution in [0.4, 0.5) is 0 Å². The maximum absolute atomic E-state index is 5.59. The molecule has 0 bridgehead atoms. The molecule has 2 heteroatoms. The minimum atomic E-state index is 0.547. The van der Waals surface area contributed by atoms with Gasteiger partial charge in [0.25, 0.3) is 0 Å². The average molecular weight is 216 g/mol. The monoisotopic (exact) mass is 215 g/mol. The highest BCUT2D eigenvalue weighted by Crippen LogP contribution is 2.29. The number of rotatable bonds is 3. The predicted molar refractivity (Wildman–Crippen MR) is 63.9 cm³/mol. The van der Waals surface area contributed by atoms with Gasteiger partial charge in [0.05, 0.1) is 0 Å². The molecular formula is C12H22ClN. The van der Waals surface area contributed by atoms with Gasteiger partial charge in [0, 0.05) is 12.4 Å². The molecule has 0 N–H and O–H groups in total. The lowest BCUT2D eigenvalue weighted by molar-refractivity contribution is 0.281. The Bertz CT molecular complexity index is 187. The van der Waals surface area contributed by atoms with E-state index in [4.69, 9.17) is 11.6 Å². The summed E-state index contributed by atoms with van der Waals surface area (Å²) in [5.41, 5.74) is 0.547. The van der Waals surface area contributed by atoms with Crippen molar-refractivity contribution in [3.8, 4) is 0 Å². The van der Waals surface area contributed by atoms with E-state index in [9.17, 15) is 0 Å². The highest BCUT2D eigenvalue weighted by atomic mass is 35.5. The van der Waals surface area contributed by atoms with Crippen molar-refractivity contribution >= 4 is 11.6 Å². The van der Waals surface area contributed by atoms with Gasteiger partial charge < -0.3 is 0 Å². The fourth-order valence-electron chi connectivity index (χ4n) is 1.95. The SMILES string of the molecule is CC1(C)CCCN(C/C=C/CCl)CC1. The van der Waals surface area contributed by atoms with Crippen LogP contribution in [-0.2, 0) is 0 Å². The van der Waals surface area contributed by atoms with Gasteiger partial charge in [-0.3, -0.25) is 4.90 Å². The smallest absolute Gasteiger partial charge is 0.0404 e. The molecule has 0 amide bonds. The standard InChI is InChI=1S/C12H22ClN/c1-12(2)6-5-10-14(11-7-12)9-4-3-8-13/h3-4H,5-11H2,1-2H3/b4-3+. The molecule has 1 aliphatic heterocycles. The Kier molecular flexibility index (Phi) is 4.97. The second kappa shape index (κ2) is 5.77. The summed E-state index contributed by atoms with van der Waals surface area (Å²) in [6, 6.07) is 0. The highest BCUT2D eigenvalue weighted by Gasteiger charge is 2.22. The molecule has 0 aliphatic carbocycles. The third-order valence-electron chi connectivity index (χ3n) is 3.05. The van der Waals surface area contributed by atoms with Gasteiger partial charge in [0.15, 0.2) is 0 Å². The first kappa shape index (κ1) is 12.1. The van der Waals surface area contributed by atoms with Gasteiger partial charge in [-0.2, -0.15) is 0 Å². The molecular weight excluding hydrogens is 194 g/mol. The van der Waals surface area contributed by atoms with Crippen molar-refractivity contribution in [1.29, 1.82) is 0 Å². The summed E-state index contributed by atoms with van der Waals surface area (Å²) < 4.78 is 0. The zero-order chi connectivity index (χ0) is 10.4. The van der Waals surface area contributed by atoms with Crippen molar-refractivity contribution in [2.45, 2.75) is 33.1 Å². The fourth-order valence-corrected chi connectivity index (χ4v) is 2.07. The first-order chi connectivity index (χ1) is 6.64. The van der Waals surface area contributed by atoms with Gasteiger partial charge in [0.2, 0.25) is 0 Å². The fraction of sp³-hybridized carbons (Fsp3) is 0.833. The summed E-state index contributed by atoms with van der Waals surface area (Å²) in [6.07, 6.45) is 8.25. The van der Waals surface area contributed by atoms with Crippen LogP contribution in [0, 0.1) is 5.41 Å². The van der Waals surface area contributed by atoms with E-state index in [1.54, 1.807) is 0 Å². The molecule has 0 unspecified atom stereocenters. The predicted octanol–water partition coefficient (Wildman–Crippen LogP) is 3.29. The van der Waals surface area contributed by atoms with Crippen LogP contribution in [0.2, 0.25) is 0 Å². The summed E-state index contributed by atoms with van der Waals surface area (Å²) in [6.45, 7) is 8.31. The molecule has 1 saturated heterocycles. The lowest BCUT2D eigenvalue weighted by Crippen LogP contribution is -2.25. The first-order valence-corrected chi connectivity index (χ1v) is 6.11. The molecule has 1 rings (SSSR count). The number of hydrogen-bond acceptors (Lipinski definition) is 1. The Hall–Kier alpha value is -0.0100. The minimum Gasteiger partial charge on any atom is -0.300 e. The second-order valence-electron chi connectivity index (χ2n) is 4.94. The Morgan fingerprint density at radius 2 is 2.00 bits per heavy atom. The Labute approximate surface area is 93.1 Å². The average Bonchev–Trinajstić information content (AvgIpc) is 2.28. The van der Waals surface area contributed by atoms with Gasteiger partial charge in [0.1, 0.15) is 0 Å². The van der Waals surface area contributed by atoms with Crippen molar-refractivity contribution in [3.63, 3.8) is 0 Å². The zero-order valence-corrected chi connectivity index (χ0v) is 10.2. The Morgan fingerprint density at radius 1 is 1.21 bits per heavy atom. The van der Waals surface area contributed by atoms with E-state index in [2.05, 4.69) is 24.8 Å². The van der Waals surface area contributed by atoms with Gasteiger partial charge in [-0.25, -0.2) is 0 Å². The number of alkyl halides is 1. The third-order valence-corrected chi connectivity index (χ3v) is 3.23. The molecule has 0 atom stereocenters. The van der Waals surface area contributed by atoms with Gasteiger partial charge >= 0.3 is 0 Å². The third kappa shape index (κ3) is 4.47. The van der Waals surface area contributed by atoms with E-state index in [0.29, 0.717) is 11.3 Å². The minimum absolute atomic E-state index is 0.547. The zero-order valence-electron chi connectivity index (χ0n) is 9.43. The lowest BCUT2D eigenvalue weighted by atomic mass is 9.85. The first-order valence-electron chi connectivity index (χ1n) is 5.57. The molecule has 0 saturated carbocycles. The van der Waals surface area contributed by atoms with Crippen molar-refractivity contribution in [3.05, 3.63) is 12.2 Å². The van der Waals surface area contributed by atoms with E-state index in [0.717, 1.165) is 6.54 Å². The molecule has 1 fully saturated rings. The van der Waals surface area contributed by atoms with Crippen LogP contribution in [-0.4, -0.2) is 30.4 Å². The Balaban J connectivity index is 2.31. The molecule has 82 valence electrons. The maximum atomic E-state index is 5.59. The van der Waals surface area contributed by atoms with Crippen LogP contribution >= 0.6 is 11.6 Å². The van der Waals surface area contributed by atoms with Crippen LogP contribution in [0.25, 0.3) is 0 Å². The summed E-state index contributed by atoms with van der Waals surface area (Å²) in [7, 11) is 0. The van der Waals surface area contributed by atoms with Gasteiger partial charge in [-0.15, -0.1) is 11.6 Å². The van der Waals surface area contributed by atoms with Crippen LogP contribution in [0.15, 0.2) is 12.2 Å². The van der Waals surface area contributed by atoms with Gasteiger partial charge in [-0.1, -0.05) is 26.0 Å². The van der Waals surface area contributed by atoms with Crippen LogP contribution in [0.3, 0.4) is 0 Å². The molecule has 14 heavy (non-hydrogen) atoms. The highest BCUT2D eigenvalue weighted by molar-refractivity contribution is 6.18. The second-order valence-corrected chi connectivity index (χ2v) is 5.25. The molecule has 1 aliphatic rings. The van der Waals surface area contributed by atoms with Crippen LogP contribution < -0.4 is 0 Å². The lowest BCUT2D eigenvalue weighted by Gasteiger charge is -2.22. The quantitative estimate of drug-likeness (QED) is 0.516. The number of allylic oxidation sites excluding steroid dienone is 1. The van der Waals surface area contributed by atoms with E-state index in [1.807, 2.05) is 6.08 Å². The molecule has 0 aromatic carbocycles. The van der Waals surface area contributed by atoms with E-state index in [-0.39, 0.29) is 0 Å². The molecule has 1 heterocycles. The van der Waals surface area contributed by atoms with Crippen molar-refractivity contribution in [2.75, 3.05) is 25.5 Å². The number of likely N-dealkylation sites (tertiary alicyclic amines) is 1. The summed E-state index contributed by atoms with van der Waals surface area (Å²) in [5, 5.41) is 0. The Morgan fingerprint density at radius 3 is 2.71 bits per heavy atom. The number of halogens is 1. The summed E-state index contributed by atoms with van der Waals surface area (Å²) >= 11 is 5.59. The van der Waals surface area contributed by atoms with E-state index < -0.39 is 0 Å². The van der Waals surface area contributed by atoms with E-state index in [1.165, 1.54) is 32.4 Å². The van der Waals surface area contributed by atoms with Gasteiger partial charge in [-0.05, 0) is 37.8 Å². The van der Waals surface area contributed by atoms with Crippen molar-refractivity contribution in [2.24, 2.45) is 5.41 Å². The normalized spacial score (nSPS) is 23.9. The molecule has 0 spiro atoms. The number of nitrogens with zero attached hydrogens (tertiary/aromatic N) is 1. The van der Waals surface area contributed by atoms with Crippen LogP contribution in [0.1, 0.15) is 33.1 Å². The topological polar surface area (TPSA) is 3.24 Å². The maximum Gasteiger partial charge on any atom is 0.0404 e. The molecule has 1 nitrogen and oxygen atoms in total. The van der Waals surface area contributed by atoms with Crippen LogP contribution in [0.5, 0.6) is 0 Å². The van der Waals surface area contributed by atoms with E-state index >= 15 is 0 Å². The molecule has 0 radical (unpaired) electrons.